The Morgan fingerprint density at radius 3 is 2.55 bits per heavy atom. The molecule has 0 aliphatic carbocycles. The van der Waals surface area contributed by atoms with E-state index in [1.807, 2.05) is 13.0 Å². The van der Waals surface area contributed by atoms with Gasteiger partial charge in [-0.15, -0.1) is 6.42 Å². The molecule has 0 heterocycles. The Morgan fingerprint density at radius 2 is 2.00 bits per heavy atom. The molecule has 1 aromatic carbocycles. The Labute approximate surface area is 66.1 Å². The van der Waals surface area contributed by atoms with Gasteiger partial charge in [-0.1, -0.05) is 12.0 Å². The third-order valence-electron chi connectivity index (χ3n) is 1.81. The van der Waals surface area contributed by atoms with Crippen LogP contribution in [-0.4, -0.2) is 0 Å². The average molecular weight is 148 g/mol. The molecule has 0 nitrogen and oxygen atoms in total. The largest absolute Gasteiger partial charge is 0.205 e. The van der Waals surface area contributed by atoms with Crippen LogP contribution in [0.4, 0.5) is 4.39 Å². The molecular formula is C10H9F. The predicted molar refractivity (Wildman–Crippen MR) is 43.8 cm³/mol. The van der Waals surface area contributed by atoms with Crippen LogP contribution in [0.2, 0.25) is 0 Å². The van der Waals surface area contributed by atoms with Gasteiger partial charge in [-0.05, 0) is 31.0 Å². The van der Waals surface area contributed by atoms with Gasteiger partial charge < -0.3 is 0 Å². The first-order chi connectivity index (χ1) is 5.16. The van der Waals surface area contributed by atoms with Gasteiger partial charge in [0, 0.05) is 0 Å². The lowest BCUT2D eigenvalue weighted by atomic mass is 10.1. The highest BCUT2D eigenvalue weighted by atomic mass is 19.1. The zero-order valence-electron chi connectivity index (χ0n) is 6.61. The molecule has 0 N–H and O–H groups in total. The van der Waals surface area contributed by atoms with Gasteiger partial charge in [0.2, 0.25) is 0 Å². The number of terminal acetylenes is 1. The van der Waals surface area contributed by atoms with Crippen molar-refractivity contribution in [1.29, 1.82) is 0 Å². The molecule has 11 heavy (non-hydrogen) atoms. The van der Waals surface area contributed by atoms with Crippen LogP contribution in [0, 0.1) is 32.0 Å². The zero-order valence-corrected chi connectivity index (χ0v) is 6.61. The van der Waals surface area contributed by atoms with Crippen LogP contribution in [-0.2, 0) is 0 Å². The first-order valence-electron chi connectivity index (χ1n) is 3.39. The molecule has 0 fully saturated rings. The quantitative estimate of drug-likeness (QED) is 0.496. The molecule has 0 bridgehead atoms. The summed E-state index contributed by atoms with van der Waals surface area (Å²) in [5, 5.41) is 0. The second-order valence-electron chi connectivity index (χ2n) is 2.51. The first-order valence-corrected chi connectivity index (χ1v) is 3.39. The molecule has 0 aromatic heterocycles. The van der Waals surface area contributed by atoms with Gasteiger partial charge in [0.15, 0.2) is 0 Å². The maximum Gasteiger partial charge on any atom is 0.141 e. The number of hydrogen-bond acceptors (Lipinski definition) is 0. The molecule has 0 spiro atoms. The smallest absolute Gasteiger partial charge is 0.141 e. The van der Waals surface area contributed by atoms with Crippen molar-refractivity contribution in [2.24, 2.45) is 0 Å². The first kappa shape index (κ1) is 7.81. The van der Waals surface area contributed by atoms with Crippen LogP contribution in [0.15, 0.2) is 12.1 Å². The van der Waals surface area contributed by atoms with E-state index in [1.54, 1.807) is 13.0 Å². The van der Waals surface area contributed by atoms with E-state index in [4.69, 9.17) is 6.42 Å². The van der Waals surface area contributed by atoms with Gasteiger partial charge >= 0.3 is 0 Å². The lowest BCUT2D eigenvalue weighted by Crippen LogP contribution is -1.90. The minimum Gasteiger partial charge on any atom is -0.205 e. The predicted octanol–water partition coefficient (Wildman–Crippen LogP) is 2.42. The van der Waals surface area contributed by atoms with Crippen LogP contribution in [0.1, 0.15) is 16.7 Å². The summed E-state index contributed by atoms with van der Waals surface area (Å²) in [4.78, 5) is 0. The Morgan fingerprint density at radius 1 is 1.36 bits per heavy atom. The molecule has 0 aliphatic heterocycles. The van der Waals surface area contributed by atoms with E-state index in [-0.39, 0.29) is 5.82 Å². The Bertz CT molecular complexity index is 318. The molecule has 0 saturated heterocycles. The average Bonchev–Trinajstić information content (AvgIpc) is 2.01. The van der Waals surface area contributed by atoms with E-state index in [2.05, 4.69) is 5.92 Å². The summed E-state index contributed by atoms with van der Waals surface area (Å²) < 4.78 is 13.1. The second kappa shape index (κ2) is 2.75. The van der Waals surface area contributed by atoms with Crippen molar-refractivity contribution in [3.05, 3.63) is 34.6 Å². The van der Waals surface area contributed by atoms with Crippen LogP contribution in [0.25, 0.3) is 0 Å². The van der Waals surface area contributed by atoms with E-state index in [1.165, 1.54) is 0 Å². The van der Waals surface area contributed by atoms with E-state index in [0.29, 0.717) is 11.1 Å². The van der Waals surface area contributed by atoms with Gasteiger partial charge in [0.1, 0.15) is 5.82 Å². The van der Waals surface area contributed by atoms with Crippen molar-refractivity contribution in [1.82, 2.24) is 0 Å². The standard InChI is InChI=1S/C10H9F/c1-4-9-6-5-7(2)8(3)10(9)11/h1,5-6H,2-3H3. The molecule has 56 valence electrons. The Kier molecular flexibility index (Phi) is 1.96. The summed E-state index contributed by atoms with van der Waals surface area (Å²) in [6.45, 7) is 3.59. The molecule has 0 amide bonds. The maximum atomic E-state index is 13.1. The molecule has 0 aliphatic rings. The number of aryl methyl sites for hydroxylation is 1. The number of hydrogen-bond donors (Lipinski definition) is 0. The van der Waals surface area contributed by atoms with Crippen molar-refractivity contribution in [3.63, 3.8) is 0 Å². The fourth-order valence-corrected chi connectivity index (χ4v) is 0.893. The monoisotopic (exact) mass is 148 g/mol. The minimum absolute atomic E-state index is 0.271. The lowest BCUT2D eigenvalue weighted by molar-refractivity contribution is 0.613. The van der Waals surface area contributed by atoms with Crippen molar-refractivity contribution in [2.75, 3.05) is 0 Å². The molecule has 0 radical (unpaired) electrons. The van der Waals surface area contributed by atoms with E-state index in [9.17, 15) is 4.39 Å². The van der Waals surface area contributed by atoms with Gasteiger partial charge in [0.25, 0.3) is 0 Å². The highest BCUT2D eigenvalue weighted by Gasteiger charge is 2.03. The molecule has 1 aromatic rings. The van der Waals surface area contributed by atoms with Crippen LogP contribution in [0.5, 0.6) is 0 Å². The van der Waals surface area contributed by atoms with E-state index in [0.717, 1.165) is 5.56 Å². The molecular weight excluding hydrogens is 139 g/mol. The summed E-state index contributed by atoms with van der Waals surface area (Å²) in [6, 6.07) is 3.45. The minimum atomic E-state index is -0.271. The van der Waals surface area contributed by atoms with Crippen molar-refractivity contribution in [3.8, 4) is 12.3 Å². The van der Waals surface area contributed by atoms with Crippen molar-refractivity contribution >= 4 is 0 Å². The van der Waals surface area contributed by atoms with Gasteiger partial charge in [0.05, 0.1) is 5.56 Å². The number of benzene rings is 1. The van der Waals surface area contributed by atoms with Crippen molar-refractivity contribution < 1.29 is 4.39 Å². The summed E-state index contributed by atoms with van der Waals surface area (Å²) >= 11 is 0. The summed E-state index contributed by atoms with van der Waals surface area (Å²) in [5.41, 5.74) is 1.91. The normalized spacial score (nSPS) is 9.27. The third kappa shape index (κ3) is 1.25. The molecule has 1 rings (SSSR count). The molecule has 1 heteroatoms. The molecule has 0 unspecified atom stereocenters. The fourth-order valence-electron chi connectivity index (χ4n) is 0.893. The van der Waals surface area contributed by atoms with Gasteiger partial charge in [-0.3, -0.25) is 0 Å². The van der Waals surface area contributed by atoms with Gasteiger partial charge in [-0.2, -0.15) is 0 Å². The SMILES string of the molecule is C#Cc1ccc(C)c(C)c1F. The molecule has 0 saturated carbocycles. The summed E-state index contributed by atoms with van der Waals surface area (Å²) in [7, 11) is 0. The highest BCUT2D eigenvalue weighted by molar-refractivity contribution is 5.40. The van der Waals surface area contributed by atoms with E-state index < -0.39 is 0 Å². The van der Waals surface area contributed by atoms with Crippen LogP contribution in [0.3, 0.4) is 0 Å². The number of halogens is 1. The highest BCUT2D eigenvalue weighted by Crippen LogP contribution is 2.14. The Hall–Kier alpha value is -1.29. The lowest BCUT2D eigenvalue weighted by Gasteiger charge is -2.01. The second-order valence-corrected chi connectivity index (χ2v) is 2.51. The Balaban J connectivity index is 3.40. The fraction of sp³-hybridized carbons (Fsp3) is 0.200. The number of rotatable bonds is 0. The maximum absolute atomic E-state index is 13.1. The third-order valence-corrected chi connectivity index (χ3v) is 1.81. The van der Waals surface area contributed by atoms with Gasteiger partial charge in [-0.25, -0.2) is 4.39 Å². The van der Waals surface area contributed by atoms with Crippen LogP contribution >= 0.6 is 0 Å². The summed E-state index contributed by atoms with van der Waals surface area (Å²) in [5.74, 6) is 2.02. The zero-order chi connectivity index (χ0) is 8.43. The molecule has 0 atom stereocenters. The van der Waals surface area contributed by atoms with Crippen molar-refractivity contribution in [2.45, 2.75) is 13.8 Å². The summed E-state index contributed by atoms with van der Waals surface area (Å²) in [6.07, 6.45) is 5.08. The van der Waals surface area contributed by atoms with E-state index >= 15 is 0 Å². The topological polar surface area (TPSA) is 0 Å². The van der Waals surface area contributed by atoms with Crippen LogP contribution < -0.4 is 0 Å².